The number of nitrogens with zero attached hydrogens (tertiary/aromatic N) is 1. The summed E-state index contributed by atoms with van der Waals surface area (Å²) in [4.78, 5) is 19.7. The van der Waals surface area contributed by atoms with Gasteiger partial charge < -0.3 is 10.1 Å². The van der Waals surface area contributed by atoms with Crippen LogP contribution in [0.25, 0.3) is 11.0 Å². The van der Waals surface area contributed by atoms with Gasteiger partial charge in [0.05, 0.1) is 17.5 Å². The first-order chi connectivity index (χ1) is 9.20. The van der Waals surface area contributed by atoms with Gasteiger partial charge in [-0.1, -0.05) is 12.1 Å². The molecule has 96 valence electrons. The van der Waals surface area contributed by atoms with Gasteiger partial charge in [0, 0.05) is 11.3 Å². The van der Waals surface area contributed by atoms with Crippen LogP contribution in [0.2, 0.25) is 0 Å². The van der Waals surface area contributed by atoms with Crippen molar-refractivity contribution < 1.29 is 9.90 Å². The lowest BCUT2D eigenvalue weighted by atomic mass is 10.1. The van der Waals surface area contributed by atoms with Gasteiger partial charge in [0.15, 0.2) is 0 Å². The molecule has 2 N–H and O–H groups in total. The zero-order valence-corrected chi connectivity index (χ0v) is 10.9. The van der Waals surface area contributed by atoms with Crippen LogP contribution >= 0.6 is 11.3 Å². The van der Waals surface area contributed by atoms with Gasteiger partial charge in [-0.05, 0) is 29.1 Å². The summed E-state index contributed by atoms with van der Waals surface area (Å²) in [6.45, 7) is 0. The van der Waals surface area contributed by atoms with Crippen LogP contribution in [0, 0.1) is 0 Å². The van der Waals surface area contributed by atoms with Gasteiger partial charge >= 0.3 is 5.97 Å². The maximum atomic E-state index is 10.7. The Labute approximate surface area is 113 Å². The highest BCUT2D eigenvalue weighted by Crippen LogP contribution is 2.18. The second-order valence-electron chi connectivity index (χ2n) is 4.36. The van der Waals surface area contributed by atoms with Gasteiger partial charge in [-0.25, -0.2) is 4.98 Å². The zero-order valence-electron chi connectivity index (χ0n) is 10.1. The number of hydrogen-bond donors (Lipinski definition) is 2. The first-order valence-electron chi connectivity index (χ1n) is 5.92. The average molecular weight is 272 g/mol. The molecular formula is C14H12N2O2S. The van der Waals surface area contributed by atoms with E-state index in [1.165, 1.54) is 4.88 Å². The van der Waals surface area contributed by atoms with Gasteiger partial charge in [-0.3, -0.25) is 4.79 Å². The van der Waals surface area contributed by atoms with Crippen molar-refractivity contribution in [1.29, 1.82) is 0 Å². The summed E-state index contributed by atoms with van der Waals surface area (Å²) in [5.74, 6) is 0.0857. The van der Waals surface area contributed by atoms with Crippen LogP contribution in [-0.4, -0.2) is 21.0 Å². The third-order valence-corrected chi connectivity index (χ3v) is 3.75. The number of nitrogens with one attached hydrogen (secondary N) is 1. The molecule has 0 unspecified atom stereocenters. The van der Waals surface area contributed by atoms with Crippen molar-refractivity contribution in [1.82, 2.24) is 9.97 Å². The summed E-state index contributed by atoms with van der Waals surface area (Å²) in [6, 6.07) is 9.63. The van der Waals surface area contributed by atoms with Crippen LogP contribution in [0.1, 0.15) is 16.3 Å². The van der Waals surface area contributed by atoms with Crippen molar-refractivity contribution in [2.75, 3.05) is 0 Å². The van der Waals surface area contributed by atoms with E-state index in [1.54, 1.807) is 11.3 Å². The quantitative estimate of drug-likeness (QED) is 0.767. The lowest BCUT2D eigenvalue weighted by molar-refractivity contribution is -0.136. The zero-order chi connectivity index (χ0) is 13.2. The molecule has 1 aromatic carbocycles. The number of hydrogen-bond acceptors (Lipinski definition) is 3. The molecule has 2 heterocycles. The molecule has 0 aliphatic rings. The molecule has 0 radical (unpaired) electrons. The standard InChI is InChI=1S/C14H12N2O2S/c17-14(18)7-9-3-4-11-12(6-9)16-13(15-11)8-10-2-1-5-19-10/h1-6H,7-8H2,(H,15,16)(H,17,18). The number of imidazole rings is 1. The molecule has 0 amide bonds. The van der Waals surface area contributed by atoms with E-state index < -0.39 is 5.97 Å². The Morgan fingerprint density at radius 2 is 2.26 bits per heavy atom. The summed E-state index contributed by atoms with van der Waals surface area (Å²) in [5.41, 5.74) is 2.55. The molecule has 5 heteroatoms. The Hall–Kier alpha value is -2.14. The second-order valence-corrected chi connectivity index (χ2v) is 5.39. The monoisotopic (exact) mass is 272 g/mol. The Kier molecular flexibility index (Phi) is 3.05. The highest BCUT2D eigenvalue weighted by atomic mass is 32.1. The van der Waals surface area contributed by atoms with Crippen LogP contribution in [0.3, 0.4) is 0 Å². The predicted octanol–water partition coefficient (Wildman–Crippen LogP) is 2.84. The molecule has 0 spiro atoms. The number of carboxylic acid groups (broad SMARTS) is 1. The molecule has 0 saturated carbocycles. The minimum absolute atomic E-state index is 0.0369. The second kappa shape index (κ2) is 4.85. The molecule has 0 fully saturated rings. The van der Waals surface area contributed by atoms with E-state index in [1.807, 2.05) is 29.6 Å². The van der Waals surface area contributed by atoms with E-state index in [-0.39, 0.29) is 6.42 Å². The fourth-order valence-electron chi connectivity index (χ4n) is 2.06. The fraction of sp³-hybridized carbons (Fsp3) is 0.143. The first-order valence-corrected chi connectivity index (χ1v) is 6.80. The Morgan fingerprint density at radius 3 is 3.00 bits per heavy atom. The van der Waals surface area contributed by atoms with Crippen LogP contribution in [0.15, 0.2) is 35.7 Å². The number of aliphatic carboxylic acids is 1. The summed E-state index contributed by atoms with van der Waals surface area (Å²) < 4.78 is 0. The van der Waals surface area contributed by atoms with E-state index in [0.717, 1.165) is 28.8 Å². The van der Waals surface area contributed by atoms with Crippen LogP contribution in [0.5, 0.6) is 0 Å². The van der Waals surface area contributed by atoms with Crippen LogP contribution in [0.4, 0.5) is 0 Å². The molecule has 4 nitrogen and oxygen atoms in total. The summed E-state index contributed by atoms with van der Waals surface area (Å²) in [6.07, 6.45) is 0.815. The largest absolute Gasteiger partial charge is 0.481 e. The maximum Gasteiger partial charge on any atom is 0.307 e. The van der Waals surface area contributed by atoms with Crippen LogP contribution in [-0.2, 0) is 17.6 Å². The maximum absolute atomic E-state index is 10.7. The molecule has 19 heavy (non-hydrogen) atoms. The Bertz CT molecular complexity index is 716. The number of benzene rings is 1. The Balaban J connectivity index is 1.90. The third-order valence-electron chi connectivity index (χ3n) is 2.87. The lowest BCUT2D eigenvalue weighted by Crippen LogP contribution is -1.99. The molecule has 2 aromatic heterocycles. The number of rotatable bonds is 4. The van der Waals surface area contributed by atoms with Crippen molar-refractivity contribution in [3.8, 4) is 0 Å². The SMILES string of the molecule is O=C(O)Cc1ccc2nc(Cc3cccs3)[nH]c2c1. The molecule has 0 aliphatic heterocycles. The highest BCUT2D eigenvalue weighted by molar-refractivity contribution is 7.09. The van der Waals surface area contributed by atoms with Gasteiger partial charge in [0.1, 0.15) is 5.82 Å². The van der Waals surface area contributed by atoms with Gasteiger partial charge in [-0.2, -0.15) is 0 Å². The summed E-state index contributed by atoms with van der Waals surface area (Å²) in [7, 11) is 0. The van der Waals surface area contributed by atoms with E-state index >= 15 is 0 Å². The van der Waals surface area contributed by atoms with E-state index in [9.17, 15) is 4.79 Å². The molecular weight excluding hydrogens is 260 g/mol. The predicted molar refractivity (Wildman–Crippen MR) is 74.6 cm³/mol. The van der Waals surface area contributed by atoms with E-state index in [2.05, 4.69) is 16.0 Å². The van der Waals surface area contributed by atoms with Crippen molar-refractivity contribution in [2.24, 2.45) is 0 Å². The van der Waals surface area contributed by atoms with Gasteiger partial charge in [-0.15, -0.1) is 11.3 Å². The summed E-state index contributed by atoms with van der Waals surface area (Å²) in [5, 5.41) is 10.8. The van der Waals surface area contributed by atoms with E-state index in [4.69, 9.17) is 5.11 Å². The molecule has 3 aromatic rings. The van der Waals surface area contributed by atoms with Gasteiger partial charge in [0.25, 0.3) is 0 Å². The number of aromatic amines is 1. The van der Waals surface area contributed by atoms with Crippen molar-refractivity contribution in [3.63, 3.8) is 0 Å². The molecule has 0 bridgehead atoms. The molecule has 0 atom stereocenters. The highest BCUT2D eigenvalue weighted by Gasteiger charge is 2.07. The minimum Gasteiger partial charge on any atom is -0.481 e. The smallest absolute Gasteiger partial charge is 0.307 e. The summed E-state index contributed by atoms with van der Waals surface area (Å²) >= 11 is 1.70. The Morgan fingerprint density at radius 1 is 1.37 bits per heavy atom. The molecule has 0 aliphatic carbocycles. The third kappa shape index (κ3) is 2.66. The fourth-order valence-corrected chi connectivity index (χ4v) is 2.77. The number of H-pyrrole nitrogens is 1. The number of aromatic nitrogens is 2. The number of carbonyl (C=O) groups is 1. The molecule has 3 rings (SSSR count). The van der Waals surface area contributed by atoms with Crippen molar-refractivity contribution in [2.45, 2.75) is 12.8 Å². The number of carboxylic acids is 1. The molecule has 0 saturated heterocycles. The lowest BCUT2D eigenvalue weighted by Gasteiger charge is -1.95. The number of fused-ring (bicyclic) bond motifs is 1. The van der Waals surface area contributed by atoms with E-state index in [0.29, 0.717) is 0 Å². The number of thiophene rings is 1. The minimum atomic E-state index is -0.822. The average Bonchev–Trinajstić information content (AvgIpc) is 2.97. The topological polar surface area (TPSA) is 66.0 Å². The van der Waals surface area contributed by atoms with Crippen molar-refractivity contribution >= 4 is 28.3 Å². The van der Waals surface area contributed by atoms with Crippen molar-refractivity contribution in [3.05, 3.63) is 52.0 Å². The normalized spacial score (nSPS) is 10.9. The van der Waals surface area contributed by atoms with Crippen LogP contribution < -0.4 is 0 Å². The van der Waals surface area contributed by atoms with Gasteiger partial charge in [0.2, 0.25) is 0 Å². The first kappa shape index (κ1) is 11.9.